The average Bonchev–Trinajstić information content (AvgIpc) is 2.72. The van der Waals surface area contributed by atoms with Gasteiger partial charge in [0.05, 0.1) is 0 Å². The van der Waals surface area contributed by atoms with Gasteiger partial charge >= 0.3 is 6.09 Å². The summed E-state index contributed by atoms with van der Waals surface area (Å²) in [5.41, 5.74) is 4.01. The van der Waals surface area contributed by atoms with Crippen molar-refractivity contribution in [1.29, 1.82) is 0 Å². The molecule has 0 radical (unpaired) electrons. The minimum absolute atomic E-state index is 0.0941. The largest absolute Gasteiger partial charge is 0.465 e. The number of nitrogens with one attached hydrogen (secondary N) is 2. The Hall–Kier alpha value is -3.16. The summed E-state index contributed by atoms with van der Waals surface area (Å²) in [4.78, 5) is 24.8. The summed E-state index contributed by atoms with van der Waals surface area (Å²) in [7, 11) is 0. The van der Waals surface area contributed by atoms with E-state index in [1.807, 2.05) is 66.7 Å². The van der Waals surface area contributed by atoms with Crippen LogP contribution < -0.4 is 10.8 Å². The third-order valence-corrected chi connectivity index (χ3v) is 4.63. The number of hydrogen-bond donors (Lipinski definition) is 4. The van der Waals surface area contributed by atoms with Crippen LogP contribution in [0.1, 0.15) is 37.5 Å². The number of carbonyl (C=O) groups is 2. The van der Waals surface area contributed by atoms with Crippen molar-refractivity contribution in [2.24, 2.45) is 0 Å². The zero-order chi connectivity index (χ0) is 22.1. The molecule has 1 atom stereocenters. The zero-order valence-corrected chi connectivity index (χ0v) is 17.5. The second-order valence-electron chi connectivity index (χ2n) is 7.96. The van der Waals surface area contributed by atoms with Gasteiger partial charge in [-0.2, -0.15) is 0 Å². The monoisotopic (exact) mass is 411 g/mol. The number of hydrogen-bond acceptors (Lipinski definition) is 4. The fourth-order valence-corrected chi connectivity index (χ4v) is 2.88. The van der Waals surface area contributed by atoms with Crippen LogP contribution in [0.15, 0.2) is 54.6 Å². The van der Waals surface area contributed by atoms with Gasteiger partial charge in [0.15, 0.2) is 0 Å². The third kappa shape index (κ3) is 7.02. The van der Waals surface area contributed by atoms with E-state index in [1.165, 1.54) is 0 Å². The van der Waals surface area contributed by atoms with E-state index in [4.69, 9.17) is 5.21 Å². The number of hydroxylamine groups is 1. The van der Waals surface area contributed by atoms with Crippen LogP contribution >= 0.6 is 0 Å². The maximum absolute atomic E-state index is 12.0. The molecule has 0 unspecified atom stereocenters. The molecule has 2 aromatic carbocycles. The van der Waals surface area contributed by atoms with Gasteiger partial charge in [-0.3, -0.25) is 10.0 Å². The van der Waals surface area contributed by atoms with Crippen molar-refractivity contribution in [3.63, 3.8) is 0 Å². The van der Waals surface area contributed by atoms with Gasteiger partial charge in [0.25, 0.3) is 5.91 Å². The van der Waals surface area contributed by atoms with E-state index in [9.17, 15) is 14.7 Å². The molecule has 0 aliphatic carbocycles. The van der Waals surface area contributed by atoms with Crippen LogP contribution in [0.4, 0.5) is 4.79 Å². The van der Waals surface area contributed by atoms with Crippen molar-refractivity contribution in [2.45, 2.75) is 38.9 Å². The second-order valence-corrected chi connectivity index (χ2v) is 7.96. The average molecular weight is 412 g/mol. The van der Waals surface area contributed by atoms with Crippen molar-refractivity contribution < 1.29 is 19.9 Å². The van der Waals surface area contributed by atoms with Crippen LogP contribution in [-0.2, 0) is 11.3 Å². The summed E-state index contributed by atoms with van der Waals surface area (Å²) in [6, 6.07) is 16.9. The lowest BCUT2D eigenvalue weighted by Crippen LogP contribution is -2.55. The number of carboxylic acid groups (broad SMARTS) is 1. The molecule has 0 aliphatic heterocycles. The van der Waals surface area contributed by atoms with E-state index >= 15 is 0 Å². The smallest absolute Gasteiger partial charge is 0.407 e. The molecule has 30 heavy (non-hydrogen) atoms. The lowest BCUT2D eigenvalue weighted by Gasteiger charge is -2.35. The normalized spacial score (nSPS) is 12.5. The highest BCUT2D eigenvalue weighted by Gasteiger charge is 2.31. The van der Waals surface area contributed by atoms with Gasteiger partial charge < -0.3 is 15.3 Å². The first-order valence-corrected chi connectivity index (χ1v) is 9.70. The summed E-state index contributed by atoms with van der Waals surface area (Å²) < 4.78 is 0. The minimum Gasteiger partial charge on any atom is -0.465 e. The summed E-state index contributed by atoms with van der Waals surface area (Å²) in [5, 5.41) is 21.5. The molecule has 2 aromatic rings. The number of nitrogens with zero attached hydrogens (tertiary/aromatic N) is 1. The zero-order valence-electron chi connectivity index (χ0n) is 17.5. The third-order valence-electron chi connectivity index (χ3n) is 4.63. The molecule has 0 bridgehead atoms. The van der Waals surface area contributed by atoms with Gasteiger partial charge in [-0.15, -0.1) is 0 Å². The molecule has 4 N–H and O–H groups in total. The Kier molecular flexibility index (Phi) is 8.15. The molecule has 2 amide bonds. The number of amides is 2. The molecule has 0 aliphatic rings. The molecule has 160 valence electrons. The van der Waals surface area contributed by atoms with Crippen molar-refractivity contribution in [2.75, 3.05) is 6.54 Å². The number of benzene rings is 2. The molecule has 7 nitrogen and oxygen atoms in total. The van der Waals surface area contributed by atoms with E-state index < -0.39 is 23.6 Å². The van der Waals surface area contributed by atoms with Crippen molar-refractivity contribution in [1.82, 2.24) is 15.7 Å². The summed E-state index contributed by atoms with van der Waals surface area (Å²) in [6.07, 6.45) is 2.92. The fourth-order valence-electron chi connectivity index (χ4n) is 2.88. The number of rotatable bonds is 8. The van der Waals surface area contributed by atoms with Crippen molar-refractivity contribution in [3.05, 3.63) is 71.3 Å². The molecule has 0 fully saturated rings. The molecule has 0 saturated carbocycles. The SMILES string of the molecule is CC(C)(C)N(C[C@H](NCc1ccc(/C=C/c2ccccc2)cc1)C(=O)NO)C(=O)O. The van der Waals surface area contributed by atoms with Crippen LogP contribution in [0.3, 0.4) is 0 Å². The molecule has 0 heterocycles. The Balaban J connectivity index is 2.02. The first-order chi connectivity index (χ1) is 14.2. The maximum atomic E-state index is 12.0. The van der Waals surface area contributed by atoms with Crippen LogP contribution in [0, 0.1) is 0 Å². The van der Waals surface area contributed by atoms with Crippen molar-refractivity contribution in [3.8, 4) is 0 Å². The summed E-state index contributed by atoms with van der Waals surface area (Å²) in [5.74, 6) is -0.687. The van der Waals surface area contributed by atoms with Gasteiger partial charge in [-0.25, -0.2) is 10.3 Å². The summed E-state index contributed by atoms with van der Waals surface area (Å²) in [6.45, 7) is 5.49. The van der Waals surface area contributed by atoms with Crippen LogP contribution in [0.25, 0.3) is 12.2 Å². The highest BCUT2D eigenvalue weighted by atomic mass is 16.5. The van der Waals surface area contributed by atoms with E-state index in [0.717, 1.165) is 21.6 Å². The first kappa shape index (κ1) is 23.1. The quantitative estimate of drug-likeness (QED) is 0.302. The number of carbonyl (C=O) groups excluding carboxylic acids is 1. The van der Waals surface area contributed by atoms with Gasteiger partial charge in [0.1, 0.15) is 6.04 Å². The van der Waals surface area contributed by atoms with E-state index in [0.29, 0.717) is 6.54 Å². The van der Waals surface area contributed by atoms with Gasteiger partial charge in [0, 0.05) is 18.6 Å². The maximum Gasteiger partial charge on any atom is 0.407 e. The lowest BCUT2D eigenvalue weighted by atomic mass is 10.1. The highest BCUT2D eigenvalue weighted by Crippen LogP contribution is 2.15. The molecule has 0 saturated heterocycles. The summed E-state index contributed by atoms with van der Waals surface area (Å²) >= 11 is 0. The first-order valence-electron chi connectivity index (χ1n) is 9.70. The molecule has 0 spiro atoms. The van der Waals surface area contributed by atoms with Gasteiger partial charge in [0.2, 0.25) is 0 Å². The fraction of sp³-hybridized carbons (Fsp3) is 0.304. The second kappa shape index (κ2) is 10.6. The van der Waals surface area contributed by atoms with Crippen LogP contribution in [0.2, 0.25) is 0 Å². The van der Waals surface area contributed by atoms with Crippen LogP contribution in [-0.4, -0.2) is 45.3 Å². The Morgan fingerprint density at radius 1 is 1.00 bits per heavy atom. The Bertz CT molecular complexity index is 858. The van der Waals surface area contributed by atoms with E-state index in [2.05, 4.69) is 5.32 Å². The molecule has 7 heteroatoms. The van der Waals surface area contributed by atoms with Crippen LogP contribution in [0.5, 0.6) is 0 Å². The predicted molar refractivity (Wildman–Crippen MR) is 117 cm³/mol. The topological polar surface area (TPSA) is 102 Å². The highest BCUT2D eigenvalue weighted by molar-refractivity contribution is 5.81. The molecular formula is C23H29N3O4. The molecule has 2 rings (SSSR count). The van der Waals surface area contributed by atoms with Gasteiger partial charge in [-0.05, 0) is 37.5 Å². The molecule has 0 aromatic heterocycles. The Morgan fingerprint density at radius 3 is 2.07 bits per heavy atom. The Morgan fingerprint density at radius 2 is 1.57 bits per heavy atom. The molecular weight excluding hydrogens is 382 g/mol. The minimum atomic E-state index is -1.13. The van der Waals surface area contributed by atoms with E-state index in [1.54, 1.807) is 26.3 Å². The Labute approximate surface area is 177 Å². The lowest BCUT2D eigenvalue weighted by molar-refractivity contribution is -0.132. The van der Waals surface area contributed by atoms with Gasteiger partial charge in [-0.1, -0.05) is 66.7 Å². The predicted octanol–water partition coefficient (Wildman–Crippen LogP) is 3.60. The van der Waals surface area contributed by atoms with E-state index in [-0.39, 0.29) is 6.54 Å². The van der Waals surface area contributed by atoms with Crippen molar-refractivity contribution >= 4 is 24.2 Å². The standard InChI is InChI=1S/C23H29N3O4/c1-23(2,3)26(22(28)29)16-20(21(27)25-30)24-15-19-13-11-18(12-14-19)10-9-17-7-5-4-6-8-17/h4-14,20,24,30H,15-16H2,1-3H3,(H,25,27)(H,28,29)/b10-9+/t20-/m0/s1.